The van der Waals surface area contributed by atoms with Crippen molar-refractivity contribution in [3.8, 4) is 0 Å². The number of aryl methyl sites for hydroxylation is 2. The molecule has 0 aliphatic carbocycles. The van der Waals surface area contributed by atoms with E-state index in [9.17, 15) is 0 Å². The van der Waals surface area contributed by atoms with Gasteiger partial charge in [0, 0.05) is 31.5 Å². The molecule has 0 amide bonds. The molecule has 0 bridgehead atoms. The van der Waals surface area contributed by atoms with Crippen molar-refractivity contribution in [2.45, 2.75) is 51.7 Å². The molecule has 3 N–H and O–H groups in total. The number of hydrogen-bond donors (Lipinski definition) is 2. The topological polar surface area (TPSA) is 71.5 Å². The predicted molar refractivity (Wildman–Crippen MR) is 126 cm³/mol. The number of likely N-dealkylation sites (tertiary alicyclic amines) is 1. The average Bonchev–Trinajstić information content (AvgIpc) is 3.34. The molecule has 3 rings (SSSR count). The lowest BCUT2D eigenvalue weighted by atomic mass is 10.1. The van der Waals surface area contributed by atoms with Crippen molar-refractivity contribution in [1.82, 2.24) is 19.8 Å². The van der Waals surface area contributed by atoms with Crippen LogP contribution in [0.3, 0.4) is 0 Å². The summed E-state index contributed by atoms with van der Waals surface area (Å²) in [7, 11) is 0. The van der Waals surface area contributed by atoms with Gasteiger partial charge in [0.2, 0.25) is 0 Å². The standard InChI is InChI=1S/C21H32N6.HI/c1-2-26-13-7-11-19(26)16-24-21(22)25-17-20-23-12-15-27(20)14-6-10-18-8-4-3-5-9-18;/h3-5,8-9,12,15,19H,2,6-7,10-11,13-14,16-17H2,1H3,(H3,22,24,25);1H. The van der Waals surface area contributed by atoms with Crippen molar-refractivity contribution in [3.63, 3.8) is 0 Å². The third-order valence-electron chi connectivity index (χ3n) is 5.32. The lowest BCUT2D eigenvalue weighted by molar-refractivity contribution is 0.267. The van der Waals surface area contributed by atoms with Gasteiger partial charge < -0.3 is 15.6 Å². The van der Waals surface area contributed by atoms with Crippen LogP contribution < -0.4 is 11.1 Å². The van der Waals surface area contributed by atoms with E-state index in [0.717, 1.165) is 38.3 Å². The molecule has 1 atom stereocenters. The highest BCUT2D eigenvalue weighted by Crippen LogP contribution is 2.15. The number of halogens is 1. The second-order valence-corrected chi connectivity index (χ2v) is 7.13. The molecule has 154 valence electrons. The van der Waals surface area contributed by atoms with E-state index in [1.54, 1.807) is 0 Å². The highest BCUT2D eigenvalue weighted by molar-refractivity contribution is 14.0. The Hall–Kier alpha value is -1.61. The molecule has 1 fully saturated rings. The molecular weight excluding hydrogens is 463 g/mol. The Kier molecular flexibility index (Phi) is 9.77. The summed E-state index contributed by atoms with van der Waals surface area (Å²) in [6, 6.07) is 11.2. The fraction of sp³-hybridized carbons (Fsp3) is 0.524. The molecule has 0 radical (unpaired) electrons. The van der Waals surface area contributed by atoms with Gasteiger partial charge in [0.1, 0.15) is 12.4 Å². The van der Waals surface area contributed by atoms with Crippen LogP contribution in [0.15, 0.2) is 47.7 Å². The Labute approximate surface area is 185 Å². The molecular formula is C21H33IN6. The van der Waals surface area contributed by atoms with E-state index < -0.39 is 0 Å². The van der Waals surface area contributed by atoms with Crippen molar-refractivity contribution in [2.24, 2.45) is 10.7 Å². The molecule has 1 aromatic carbocycles. The van der Waals surface area contributed by atoms with Gasteiger partial charge in [0.05, 0.1) is 0 Å². The number of hydrogen-bond acceptors (Lipinski definition) is 3. The quantitative estimate of drug-likeness (QED) is 0.318. The first kappa shape index (κ1) is 22.7. The van der Waals surface area contributed by atoms with Crippen molar-refractivity contribution in [3.05, 3.63) is 54.1 Å². The zero-order valence-corrected chi connectivity index (χ0v) is 19.1. The molecule has 7 heteroatoms. The van der Waals surface area contributed by atoms with Gasteiger partial charge in [-0.2, -0.15) is 0 Å². The summed E-state index contributed by atoms with van der Waals surface area (Å²) in [4.78, 5) is 11.4. The molecule has 6 nitrogen and oxygen atoms in total. The van der Waals surface area contributed by atoms with Gasteiger partial charge in [-0.3, -0.25) is 4.90 Å². The van der Waals surface area contributed by atoms with E-state index in [1.807, 2.05) is 12.4 Å². The summed E-state index contributed by atoms with van der Waals surface area (Å²) in [6.07, 6.45) is 8.53. The van der Waals surface area contributed by atoms with Crippen molar-refractivity contribution >= 4 is 29.9 Å². The average molecular weight is 496 g/mol. The van der Waals surface area contributed by atoms with E-state index in [-0.39, 0.29) is 24.0 Å². The van der Waals surface area contributed by atoms with Crippen LogP contribution in [0.1, 0.15) is 37.6 Å². The second-order valence-electron chi connectivity index (χ2n) is 7.13. The fourth-order valence-electron chi connectivity index (χ4n) is 3.77. The zero-order chi connectivity index (χ0) is 18.9. The number of rotatable bonds is 9. The van der Waals surface area contributed by atoms with Crippen molar-refractivity contribution in [1.29, 1.82) is 0 Å². The first-order valence-corrected chi connectivity index (χ1v) is 10.1. The van der Waals surface area contributed by atoms with E-state index in [0.29, 0.717) is 18.5 Å². The summed E-state index contributed by atoms with van der Waals surface area (Å²) < 4.78 is 2.18. The summed E-state index contributed by atoms with van der Waals surface area (Å²) in [5.74, 6) is 1.47. The van der Waals surface area contributed by atoms with Crippen LogP contribution in [-0.4, -0.2) is 46.1 Å². The number of nitrogens with zero attached hydrogens (tertiary/aromatic N) is 4. The Bertz CT molecular complexity index is 715. The highest BCUT2D eigenvalue weighted by Gasteiger charge is 2.22. The van der Waals surface area contributed by atoms with Gasteiger partial charge in [0.15, 0.2) is 5.96 Å². The van der Waals surface area contributed by atoms with E-state index in [4.69, 9.17) is 5.73 Å². The van der Waals surface area contributed by atoms with Crippen LogP contribution >= 0.6 is 24.0 Å². The maximum Gasteiger partial charge on any atom is 0.189 e. The number of benzene rings is 1. The Balaban J connectivity index is 0.00000280. The number of imidazole rings is 1. The minimum absolute atomic E-state index is 0. The Morgan fingerprint density at radius 2 is 2.14 bits per heavy atom. The van der Waals surface area contributed by atoms with Crippen LogP contribution in [0.25, 0.3) is 0 Å². The highest BCUT2D eigenvalue weighted by atomic mass is 127. The monoisotopic (exact) mass is 496 g/mol. The molecule has 0 spiro atoms. The predicted octanol–water partition coefficient (Wildman–Crippen LogP) is 3.02. The summed E-state index contributed by atoms with van der Waals surface area (Å²) >= 11 is 0. The van der Waals surface area contributed by atoms with Crippen LogP contribution in [0.5, 0.6) is 0 Å². The number of guanidine groups is 1. The molecule has 1 aromatic heterocycles. The smallest absolute Gasteiger partial charge is 0.189 e. The van der Waals surface area contributed by atoms with Gasteiger partial charge >= 0.3 is 0 Å². The molecule has 1 saturated heterocycles. The lowest BCUT2D eigenvalue weighted by Gasteiger charge is -2.23. The van der Waals surface area contributed by atoms with Crippen molar-refractivity contribution < 1.29 is 0 Å². The first-order valence-electron chi connectivity index (χ1n) is 10.1. The van der Waals surface area contributed by atoms with E-state index in [2.05, 4.69) is 62.0 Å². The van der Waals surface area contributed by atoms with E-state index >= 15 is 0 Å². The minimum Gasteiger partial charge on any atom is -0.370 e. The van der Waals surface area contributed by atoms with Gasteiger partial charge in [-0.05, 0) is 44.3 Å². The summed E-state index contributed by atoms with van der Waals surface area (Å²) in [5.41, 5.74) is 7.44. The third kappa shape index (κ3) is 6.77. The van der Waals surface area contributed by atoms with Gasteiger partial charge in [0.25, 0.3) is 0 Å². The van der Waals surface area contributed by atoms with Crippen molar-refractivity contribution in [2.75, 3.05) is 19.6 Å². The molecule has 2 heterocycles. The van der Waals surface area contributed by atoms with Gasteiger partial charge in [-0.25, -0.2) is 9.98 Å². The first-order chi connectivity index (χ1) is 13.3. The number of aromatic nitrogens is 2. The number of aliphatic imine (C=N–C) groups is 1. The van der Waals surface area contributed by atoms with Gasteiger partial charge in [-0.15, -0.1) is 24.0 Å². The molecule has 1 unspecified atom stereocenters. The van der Waals surface area contributed by atoms with Crippen LogP contribution in [0.2, 0.25) is 0 Å². The Morgan fingerprint density at radius 3 is 2.93 bits per heavy atom. The normalized spacial score (nSPS) is 17.5. The summed E-state index contributed by atoms with van der Waals surface area (Å²) in [5, 5.41) is 3.28. The summed E-state index contributed by atoms with van der Waals surface area (Å²) in [6.45, 7) is 6.84. The Morgan fingerprint density at radius 1 is 1.32 bits per heavy atom. The zero-order valence-electron chi connectivity index (χ0n) is 16.8. The van der Waals surface area contributed by atoms with Crippen LogP contribution in [-0.2, 0) is 19.5 Å². The number of nitrogens with two attached hydrogens (primary N) is 1. The molecule has 2 aromatic rings. The lowest BCUT2D eigenvalue weighted by Crippen LogP contribution is -2.42. The third-order valence-corrected chi connectivity index (χ3v) is 5.32. The van der Waals surface area contributed by atoms with Gasteiger partial charge in [-0.1, -0.05) is 37.3 Å². The second kappa shape index (κ2) is 12.1. The number of likely N-dealkylation sites (N-methyl/N-ethyl adjacent to an activating group) is 1. The maximum absolute atomic E-state index is 6.06. The molecule has 1 aliphatic heterocycles. The van der Waals surface area contributed by atoms with Crippen LogP contribution in [0.4, 0.5) is 0 Å². The number of nitrogens with one attached hydrogen (secondary N) is 1. The molecule has 28 heavy (non-hydrogen) atoms. The van der Waals surface area contributed by atoms with Crippen LogP contribution in [0, 0.1) is 0 Å². The molecule has 1 aliphatic rings. The SMILES string of the molecule is CCN1CCCC1CNC(N)=NCc1nccn1CCCc1ccccc1.I. The minimum atomic E-state index is 0. The van der Waals surface area contributed by atoms with E-state index in [1.165, 1.54) is 24.9 Å². The maximum atomic E-state index is 6.06. The fourth-order valence-corrected chi connectivity index (χ4v) is 3.77. The largest absolute Gasteiger partial charge is 0.370 e. The molecule has 0 saturated carbocycles.